The van der Waals surface area contributed by atoms with Crippen LogP contribution in [0.25, 0.3) is 0 Å². The largest absolute Gasteiger partial charge is 0.479 e. The van der Waals surface area contributed by atoms with E-state index in [1.165, 1.54) is 11.5 Å². The summed E-state index contributed by atoms with van der Waals surface area (Å²) in [6, 6.07) is 0. The van der Waals surface area contributed by atoms with Crippen LogP contribution in [0.1, 0.15) is 5.56 Å². The average molecular weight is 173 g/mol. The summed E-state index contributed by atoms with van der Waals surface area (Å²) in [4.78, 5) is 10.2. The summed E-state index contributed by atoms with van der Waals surface area (Å²) in [5.41, 5.74) is 0.755. The van der Waals surface area contributed by atoms with Gasteiger partial charge in [0.1, 0.15) is 0 Å². The van der Waals surface area contributed by atoms with Gasteiger partial charge in [-0.1, -0.05) is 0 Å². The Kier molecular flexibility index (Phi) is 2.56. The Morgan fingerprint density at radius 2 is 2.55 bits per heavy atom. The van der Waals surface area contributed by atoms with E-state index in [9.17, 15) is 4.79 Å². The Labute approximate surface area is 67.3 Å². The molecule has 1 atom stereocenters. The van der Waals surface area contributed by atoms with Crippen LogP contribution in [0.4, 0.5) is 0 Å². The molecule has 4 nitrogen and oxygen atoms in total. The lowest BCUT2D eigenvalue weighted by Crippen LogP contribution is -2.21. The number of nitrogens with zero attached hydrogens (tertiary/aromatic N) is 1. The Morgan fingerprint density at radius 3 is 3.00 bits per heavy atom. The number of aliphatic carboxylic acids is 1. The summed E-state index contributed by atoms with van der Waals surface area (Å²) in [6.07, 6.45) is 0.370. The van der Waals surface area contributed by atoms with Crippen LogP contribution in [0.5, 0.6) is 0 Å². The van der Waals surface area contributed by atoms with Crippen LogP contribution >= 0.6 is 11.5 Å². The van der Waals surface area contributed by atoms with Gasteiger partial charge in [-0.05, 0) is 17.1 Å². The van der Waals surface area contributed by atoms with Gasteiger partial charge in [0.15, 0.2) is 6.10 Å². The lowest BCUT2D eigenvalue weighted by molar-refractivity contribution is -0.146. The van der Waals surface area contributed by atoms with Crippen LogP contribution in [0, 0.1) is 0 Å². The van der Waals surface area contributed by atoms with Crippen molar-refractivity contribution in [2.45, 2.75) is 12.5 Å². The zero-order valence-electron chi connectivity index (χ0n) is 5.60. The van der Waals surface area contributed by atoms with Crippen LogP contribution in [-0.2, 0) is 11.2 Å². The minimum atomic E-state index is -1.31. The molecule has 11 heavy (non-hydrogen) atoms. The molecule has 0 aliphatic carbocycles. The molecule has 0 fully saturated rings. The molecule has 0 spiro atoms. The van der Waals surface area contributed by atoms with Gasteiger partial charge < -0.3 is 10.2 Å². The molecule has 1 rings (SSSR count). The summed E-state index contributed by atoms with van der Waals surface area (Å²) in [7, 11) is 0. The van der Waals surface area contributed by atoms with Crippen molar-refractivity contribution in [3.63, 3.8) is 0 Å². The first-order chi connectivity index (χ1) is 5.20. The second-order valence-corrected chi connectivity index (χ2v) is 2.75. The summed E-state index contributed by atoms with van der Waals surface area (Å²) < 4.78 is 3.77. The van der Waals surface area contributed by atoms with Gasteiger partial charge in [0.2, 0.25) is 0 Å². The average Bonchev–Trinajstić information content (AvgIpc) is 2.39. The van der Waals surface area contributed by atoms with Crippen LogP contribution in [0.3, 0.4) is 0 Å². The topological polar surface area (TPSA) is 70.4 Å². The predicted octanol–water partition coefficient (Wildman–Crippen LogP) is 0.131. The molecular formula is C6H7NO3S. The van der Waals surface area contributed by atoms with Gasteiger partial charge in [0.05, 0.1) is 0 Å². The van der Waals surface area contributed by atoms with Gasteiger partial charge in [0, 0.05) is 18.0 Å². The molecule has 60 valence electrons. The van der Waals surface area contributed by atoms with E-state index >= 15 is 0 Å². The molecule has 0 radical (unpaired) electrons. The second-order valence-electron chi connectivity index (χ2n) is 2.09. The van der Waals surface area contributed by atoms with Crippen molar-refractivity contribution in [1.29, 1.82) is 0 Å². The first-order valence-electron chi connectivity index (χ1n) is 2.99. The smallest absolute Gasteiger partial charge is 0.332 e. The third-order valence-electron chi connectivity index (χ3n) is 1.20. The van der Waals surface area contributed by atoms with E-state index in [0.29, 0.717) is 0 Å². The Bertz CT molecular complexity index is 234. The van der Waals surface area contributed by atoms with Crippen molar-refractivity contribution in [2.24, 2.45) is 0 Å². The van der Waals surface area contributed by atoms with E-state index in [0.717, 1.165) is 5.56 Å². The Hall–Kier alpha value is -0.940. The Morgan fingerprint density at radius 1 is 1.82 bits per heavy atom. The number of aliphatic hydroxyl groups excluding tert-OH is 1. The second kappa shape index (κ2) is 3.45. The van der Waals surface area contributed by atoms with Gasteiger partial charge in [-0.25, -0.2) is 9.17 Å². The van der Waals surface area contributed by atoms with Crippen molar-refractivity contribution >= 4 is 17.5 Å². The van der Waals surface area contributed by atoms with E-state index in [4.69, 9.17) is 10.2 Å². The molecule has 1 unspecified atom stereocenters. The molecule has 0 saturated carbocycles. The number of aliphatic hydroxyl groups is 1. The summed E-state index contributed by atoms with van der Waals surface area (Å²) in [5, 5.41) is 18.9. The highest BCUT2D eigenvalue weighted by Crippen LogP contribution is 2.04. The minimum absolute atomic E-state index is 0.131. The van der Waals surface area contributed by atoms with Gasteiger partial charge in [-0.2, -0.15) is 0 Å². The molecule has 0 saturated heterocycles. The fraction of sp³-hybridized carbons (Fsp3) is 0.333. The molecular weight excluding hydrogens is 166 g/mol. The molecule has 0 aromatic carbocycles. The molecule has 0 amide bonds. The number of rotatable bonds is 3. The maximum Gasteiger partial charge on any atom is 0.332 e. The van der Waals surface area contributed by atoms with Crippen LogP contribution in [0.2, 0.25) is 0 Å². The number of hydrogen-bond donors (Lipinski definition) is 2. The number of carboxylic acid groups (broad SMARTS) is 1. The highest BCUT2D eigenvalue weighted by molar-refractivity contribution is 7.03. The molecule has 1 aromatic heterocycles. The maximum atomic E-state index is 10.2. The third-order valence-corrected chi connectivity index (χ3v) is 1.83. The number of carbonyl (C=O) groups is 1. The third kappa shape index (κ3) is 2.28. The number of aromatic nitrogens is 1. The SMILES string of the molecule is O=C(O)C(O)Cc1cnsc1. The highest BCUT2D eigenvalue weighted by atomic mass is 32.1. The lowest BCUT2D eigenvalue weighted by Gasteiger charge is -2.00. The fourth-order valence-electron chi connectivity index (χ4n) is 0.638. The van der Waals surface area contributed by atoms with Crippen molar-refractivity contribution < 1.29 is 15.0 Å². The van der Waals surface area contributed by atoms with Crippen LogP contribution in [0.15, 0.2) is 11.6 Å². The van der Waals surface area contributed by atoms with Crippen molar-refractivity contribution in [3.05, 3.63) is 17.1 Å². The van der Waals surface area contributed by atoms with Crippen molar-refractivity contribution in [1.82, 2.24) is 4.37 Å². The highest BCUT2D eigenvalue weighted by Gasteiger charge is 2.13. The molecule has 0 aliphatic heterocycles. The maximum absolute atomic E-state index is 10.2. The van der Waals surface area contributed by atoms with Crippen molar-refractivity contribution in [3.8, 4) is 0 Å². The first kappa shape index (κ1) is 8.16. The van der Waals surface area contributed by atoms with Gasteiger partial charge >= 0.3 is 5.97 Å². The summed E-state index contributed by atoms with van der Waals surface area (Å²) in [6.45, 7) is 0. The molecule has 0 bridgehead atoms. The minimum Gasteiger partial charge on any atom is -0.479 e. The zero-order valence-corrected chi connectivity index (χ0v) is 6.41. The van der Waals surface area contributed by atoms with Gasteiger partial charge in [0.25, 0.3) is 0 Å². The predicted molar refractivity (Wildman–Crippen MR) is 39.5 cm³/mol. The van der Waals surface area contributed by atoms with E-state index < -0.39 is 12.1 Å². The Balaban J connectivity index is 2.50. The van der Waals surface area contributed by atoms with E-state index in [2.05, 4.69) is 4.37 Å². The van der Waals surface area contributed by atoms with Crippen LogP contribution < -0.4 is 0 Å². The zero-order chi connectivity index (χ0) is 8.27. The summed E-state index contributed by atoms with van der Waals surface area (Å²) in [5.74, 6) is -1.20. The lowest BCUT2D eigenvalue weighted by atomic mass is 10.2. The molecule has 2 N–H and O–H groups in total. The van der Waals surface area contributed by atoms with Gasteiger partial charge in [-0.3, -0.25) is 0 Å². The molecule has 1 aromatic rings. The molecule has 0 aliphatic rings. The van der Waals surface area contributed by atoms with E-state index in [1.54, 1.807) is 11.6 Å². The van der Waals surface area contributed by atoms with E-state index in [-0.39, 0.29) is 6.42 Å². The number of carboxylic acids is 1. The quantitative estimate of drug-likeness (QED) is 0.681. The summed E-state index contributed by atoms with van der Waals surface area (Å²) >= 11 is 1.24. The van der Waals surface area contributed by atoms with E-state index in [1.807, 2.05) is 0 Å². The van der Waals surface area contributed by atoms with Gasteiger partial charge in [-0.15, -0.1) is 0 Å². The monoisotopic (exact) mass is 173 g/mol. The first-order valence-corrected chi connectivity index (χ1v) is 3.83. The fourth-order valence-corrected chi connectivity index (χ4v) is 1.19. The van der Waals surface area contributed by atoms with Crippen molar-refractivity contribution in [2.75, 3.05) is 0 Å². The number of hydrogen-bond acceptors (Lipinski definition) is 4. The molecule has 5 heteroatoms. The molecule has 1 heterocycles. The van der Waals surface area contributed by atoms with Crippen LogP contribution in [-0.4, -0.2) is 26.7 Å². The normalized spacial score (nSPS) is 12.8. The standard InChI is InChI=1S/C6H7NO3S/c8-5(6(9)10)1-4-2-7-11-3-4/h2-3,5,8H,1H2,(H,9,10).